The molecule has 0 atom stereocenters. The van der Waals surface area contributed by atoms with E-state index >= 15 is 0 Å². The second-order valence-electron chi connectivity index (χ2n) is 6.46. The molecule has 0 saturated carbocycles. The van der Waals surface area contributed by atoms with Crippen LogP contribution in [0.2, 0.25) is 0 Å². The highest BCUT2D eigenvalue weighted by Gasteiger charge is 2.15. The summed E-state index contributed by atoms with van der Waals surface area (Å²) >= 11 is 0. The average molecular weight is 362 g/mol. The smallest absolute Gasteiger partial charge is 0.262 e. The lowest BCUT2D eigenvalue weighted by molar-refractivity contribution is -0.118. The van der Waals surface area contributed by atoms with E-state index < -0.39 is 0 Å². The summed E-state index contributed by atoms with van der Waals surface area (Å²) < 4.78 is 11.1. The fourth-order valence-corrected chi connectivity index (χ4v) is 3.25. The number of hydrogen-bond donors (Lipinski definition) is 1. The van der Waals surface area contributed by atoms with Crippen molar-refractivity contribution in [3.05, 3.63) is 66.7 Å². The number of anilines is 2. The van der Waals surface area contributed by atoms with E-state index in [1.54, 1.807) is 0 Å². The normalized spacial score (nSPS) is 14.1. The Balaban J connectivity index is 1.40. The second kappa shape index (κ2) is 8.10. The largest absolute Gasteiger partial charge is 0.484 e. The number of morpholine rings is 1. The summed E-state index contributed by atoms with van der Waals surface area (Å²) in [6, 6.07) is 21.7. The third-order valence-electron chi connectivity index (χ3n) is 4.62. The maximum absolute atomic E-state index is 12.4. The van der Waals surface area contributed by atoms with Crippen LogP contribution in [0.5, 0.6) is 5.75 Å². The number of fused-ring (bicyclic) bond motifs is 1. The van der Waals surface area contributed by atoms with E-state index in [2.05, 4.69) is 10.2 Å². The van der Waals surface area contributed by atoms with E-state index in [0.717, 1.165) is 35.2 Å². The monoisotopic (exact) mass is 362 g/mol. The van der Waals surface area contributed by atoms with E-state index in [1.807, 2.05) is 66.7 Å². The van der Waals surface area contributed by atoms with Crippen LogP contribution in [0.3, 0.4) is 0 Å². The van der Waals surface area contributed by atoms with Crippen molar-refractivity contribution in [3.8, 4) is 5.75 Å². The summed E-state index contributed by atoms with van der Waals surface area (Å²) in [6.07, 6.45) is 0. The molecular weight excluding hydrogens is 340 g/mol. The van der Waals surface area contributed by atoms with Crippen LogP contribution in [0.15, 0.2) is 66.7 Å². The Bertz CT molecular complexity index is 935. The molecule has 27 heavy (non-hydrogen) atoms. The van der Waals surface area contributed by atoms with Crippen molar-refractivity contribution in [2.45, 2.75) is 0 Å². The lowest BCUT2D eigenvalue weighted by atomic mass is 10.1. The van der Waals surface area contributed by atoms with E-state index in [4.69, 9.17) is 9.47 Å². The predicted octanol–water partition coefficient (Wildman–Crippen LogP) is 3.69. The molecule has 0 aromatic heterocycles. The van der Waals surface area contributed by atoms with E-state index in [9.17, 15) is 4.79 Å². The Labute approximate surface area is 158 Å². The first-order valence-electron chi connectivity index (χ1n) is 9.13. The molecule has 1 aliphatic rings. The molecule has 0 aliphatic carbocycles. The Morgan fingerprint density at radius 3 is 2.56 bits per heavy atom. The number of amides is 1. The van der Waals surface area contributed by atoms with Crippen LogP contribution in [0.1, 0.15) is 0 Å². The number of rotatable bonds is 5. The Hall–Kier alpha value is -3.05. The summed E-state index contributed by atoms with van der Waals surface area (Å²) in [4.78, 5) is 14.6. The average Bonchev–Trinajstić information content (AvgIpc) is 2.73. The van der Waals surface area contributed by atoms with Crippen LogP contribution in [-0.4, -0.2) is 38.8 Å². The van der Waals surface area contributed by atoms with Gasteiger partial charge in [-0.1, -0.05) is 42.5 Å². The number of nitrogens with zero attached hydrogens (tertiary/aromatic N) is 1. The van der Waals surface area contributed by atoms with E-state index in [1.165, 1.54) is 0 Å². The molecule has 1 amide bonds. The molecule has 0 radical (unpaired) electrons. The van der Waals surface area contributed by atoms with Crippen LogP contribution >= 0.6 is 0 Å². The van der Waals surface area contributed by atoms with Crippen LogP contribution in [-0.2, 0) is 9.53 Å². The maximum atomic E-state index is 12.4. The number of ether oxygens (including phenoxy) is 2. The molecule has 4 rings (SSSR count). The van der Waals surface area contributed by atoms with Crippen LogP contribution in [0, 0.1) is 0 Å². The van der Waals surface area contributed by atoms with Gasteiger partial charge in [-0.25, -0.2) is 0 Å². The molecule has 0 unspecified atom stereocenters. The van der Waals surface area contributed by atoms with Crippen molar-refractivity contribution in [1.82, 2.24) is 0 Å². The van der Waals surface area contributed by atoms with E-state index in [0.29, 0.717) is 19.0 Å². The zero-order chi connectivity index (χ0) is 18.5. The van der Waals surface area contributed by atoms with Gasteiger partial charge in [0.15, 0.2) is 6.61 Å². The fourth-order valence-electron chi connectivity index (χ4n) is 3.25. The highest BCUT2D eigenvalue weighted by molar-refractivity contribution is 5.95. The zero-order valence-electron chi connectivity index (χ0n) is 15.1. The lowest BCUT2D eigenvalue weighted by Gasteiger charge is -2.30. The predicted molar refractivity (Wildman–Crippen MR) is 108 cm³/mol. The third kappa shape index (κ3) is 4.20. The van der Waals surface area contributed by atoms with Crippen molar-refractivity contribution >= 4 is 28.1 Å². The Morgan fingerprint density at radius 2 is 1.70 bits per heavy atom. The van der Waals surface area contributed by atoms with Gasteiger partial charge in [0.2, 0.25) is 0 Å². The second-order valence-corrected chi connectivity index (χ2v) is 6.46. The molecule has 1 N–H and O–H groups in total. The van der Waals surface area contributed by atoms with Crippen LogP contribution in [0.25, 0.3) is 10.8 Å². The number of nitrogens with one attached hydrogen (secondary N) is 1. The molecule has 1 saturated heterocycles. The SMILES string of the molecule is O=C(COc1ccc2ccccc2c1)Nc1ccccc1N1CCOCC1. The topological polar surface area (TPSA) is 50.8 Å². The van der Waals surface area contributed by atoms with E-state index in [-0.39, 0.29) is 12.5 Å². The van der Waals surface area contributed by atoms with Gasteiger partial charge in [-0.3, -0.25) is 4.79 Å². The Morgan fingerprint density at radius 1 is 0.963 bits per heavy atom. The van der Waals surface area contributed by atoms with Crippen molar-refractivity contribution in [2.75, 3.05) is 43.1 Å². The van der Waals surface area contributed by atoms with Gasteiger partial charge < -0.3 is 19.7 Å². The number of carbonyl (C=O) groups is 1. The van der Waals surface area contributed by atoms with Crippen LogP contribution in [0.4, 0.5) is 11.4 Å². The maximum Gasteiger partial charge on any atom is 0.262 e. The minimum Gasteiger partial charge on any atom is -0.484 e. The summed E-state index contributed by atoms with van der Waals surface area (Å²) in [5.74, 6) is 0.509. The summed E-state index contributed by atoms with van der Waals surface area (Å²) in [5, 5.41) is 5.21. The van der Waals surface area contributed by atoms with Crippen molar-refractivity contribution in [1.29, 1.82) is 0 Å². The number of carbonyl (C=O) groups excluding carboxylic acids is 1. The molecule has 5 nitrogen and oxygen atoms in total. The standard InChI is InChI=1S/C22H22N2O3/c25-22(16-27-19-10-9-17-5-1-2-6-18(17)15-19)23-20-7-3-4-8-21(20)24-11-13-26-14-12-24/h1-10,15H,11-14,16H2,(H,23,25). The van der Waals surface area contributed by atoms with Gasteiger partial charge in [0.25, 0.3) is 5.91 Å². The van der Waals surface area contributed by atoms with Gasteiger partial charge >= 0.3 is 0 Å². The summed E-state index contributed by atoms with van der Waals surface area (Å²) in [5.41, 5.74) is 1.81. The first-order valence-corrected chi connectivity index (χ1v) is 9.13. The van der Waals surface area contributed by atoms with Gasteiger partial charge in [-0.15, -0.1) is 0 Å². The zero-order valence-corrected chi connectivity index (χ0v) is 15.1. The number of hydrogen-bond acceptors (Lipinski definition) is 4. The first kappa shape index (κ1) is 17.4. The third-order valence-corrected chi connectivity index (χ3v) is 4.62. The minimum absolute atomic E-state index is 0.0320. The highest BCUT2D eigenvalue weighted by Crippen LogP contribution is 2.26. The number of para-hydroxylation sites is 2. The van der Waals surface area contributed by atoms with Gasteiger partial charge in [0.05, 0.1) is 24.6 Å². The molecule has 3 aromatic rings. The summed E-state index contributed by atoms with van der Waals surface area (Å²) in [6.45, 7) is 3.01. The van der Waals surface area contributed by atoms with Crippen molar-refractivity contribution in [3.63, 3.8) is 0 Å². The highest BCUT2D eigenvalue weighted by atomic mass is 16.5. The minimum atomic E-state index is -0.177. The molecule has 1 heterocycles. The van der Waals surface area contributed by atoms with Gasteiger partial charge in [0.1, 0.15) is 5.75 Å². The molecule has 1 aliphatic heterocycles. The quantitative estimate of drug-likeness (QED) is 0.752. The Kier molecular flexibility index (Phi) is 5.21. The van der Waals surface area contributed by atoms with Gasteiger partial charge in [0, 0.05) is 13.1 Å². The van der Waals surface area contributed by atoms with Crippen LogP contribution < -0.4 is 15.0 Å². The molecule has 5 heteroatoms. The molecule has 138 valence electrons. The first-order chi connectivity index (χ1) is 13.3. The van der Waals surface area contributed by atoms with Gasteiger partial charge in [-0.05, 0) is 35.0 Å². The van der Waals surface area contributed by atoms with Crippen molar-refractivity contribution < 1.29 is 14.3 Å². The van der Waals surface area contributed by atoms with Crippen molar-refractivity contribution in [2.24, 2.45) is 0 Å². The fraction of sp³-hybridized carbons (Fsp3) is 0.227. The molecule has 0 spiro atoms. The molecule has 0 bridgehead atoms. The molecule has 1 fully saturated rings. The number of benzene rings is 3. The molecule has 3 aromatic carbocycles. The lowest BCUT2D eigenvalue weighted by Crippen LogP contribution is -2.36. The molecular formula is C22H22N2O3. The summed E-state index contributed by atoms with van der Waals surface area (Å²) in [7, 11) is 0. The van der Waals surface area contributed by atoms with Gasteiger partial charge in [-0.2, -0.15) is 0 Å².